The summed E-state index contributed by atoms with van der Waals surface area (Å²) in [4.78, 5) is 41.8. The van der Waals surface area contributed by atoms with Crippen LogP contribution in [-0.4, -0.2) is 36.2 Å². The van der Waals surface area contributed by atoms with Gasteiger partial charge in [0.05, 0.1) is 24.2 Å². The lowest BCUT2D eigenvalue weighted by atomic mass is 10.3. The summed E-state index contributed by atoms with van der Waals surface area (Å²) in [6, 6.07) is 7.30. The van der Waals surface area contributed by atoms with Crippen molar-refractivity contribution < 1.29 is 9.53 Å². The van der Waals surface area contributed by atoms with Gasteiger partial charge in [-0.1, -0.05) is 23.7 Å². The molecule has 4 aromatic rings. The van der Waals surface area contributed by atoms with Crippen molar-refractivity contribution in [2.24, 2.45) is 7.05 Å². The molecule has 0 spiro atoms. The number of ether oxygens (including phenoxy) is 1. The minimum absolute atomic E-state index is 0.0778. The standard InChI is InChI=1S/C19H18ClN5O4/c1-11-10-24-15-16(21-18(24)25(11)13-7-5-4-6-12(13)20)22(2)19(28)23(17(15)27)9-8-14(26)29-3/h4-7,10H,8-9H2,1-3H3. The highest BCUT2D eigenvalue weighted by Crippen LogP contribution is 2.25. The van der Waals surface area contributed by atoms with Gasteiger partial charge in [-0.05, 0) is 19.1 Å². The first-order valence-electron chi connectivity index (χ1n) is 8.86. The molecule has 9 nitrogen and oxygen atoms in total. The number of rotatable bonds is 4. The Morgan fingerprint density at radius 2 is 1.97 bits per heavy atom. The highest BCUT2D eigenvalue weighted by molar-refractivity contribution is 6.32. The molecule has 4 rings (SSSR count). The maximum absolute atomic E-state index is 13.1. The number of nitrogens with zero attached hydrogens (tertiary/aromatic N) is 5. The number of carbonyl (C=O) groups excluding carboxylic acids is 1. The average Bonchev–Trinajstić information content (AvgIpc) is 3.21. The molecular weight excluding hydrogens is 398 g/mol. The third-order valence-electron chi connectivity index (χ3n) is 4.89. The molecule has 1 aromatic carbocycles. The van der Waals surface area contributed by atoms with E-state index in [9.17, 15) is 14.4 Å². The molecule has 3 aromatic heterocycles. The van der Waals surface area contributed by atoms with Gasteiger partial charge in [0.25, 0.3) is 5.56 Å². The molecule has 0 N–H and O–H groups in total. The van der Waals surface area contributed by atoms with Gasteiger partial charge in [-0.3, -0.25) is 27.7 Å². The van der Waals surface area contributed by atoms with Gasteiger partial charge in [-0.25, -0.2) is 4.79 Å². The van der Waals surface area contributed by atoms with Gasteiger partial charge in [0.1, 0.15) is 0 Å². The lowest BCUT2D eigenvalue weighted by Crippen LogP contribution is -2.39. The van der Waals surface area contributed by atoms with Crippen molar-refractivity contribution in [1.29, 1.82) is 0 Å². The Balaban J connectivity index is 2.03. The highest BCUT2D eigenvalue weighted by Gasteiger charge is 2.21. The van der Waals surface area contributed by atoms with Crippen LogP contribution in [0, 0.1) is 6.92 Å². The van der Waals surface area contributed by atoms with Crippen molar-refractivity contribution in [1.82, 2.24) is 23.1 Å². The van der Waals surface area contributed by atoms with E-state index in [-0.39, 0.29) is 24.1 Å². The number of imidazole rings is 2. The topological polar surface area (TPSA) is 92.5 Å². The predicted molar refractivity (Wildman–Crippen MR) is 108 cm³/mol. The van der Waals surface area contributed by atoms with Crippen LogP contribution < -0.4 is 11.2 Å². The van der Waals surface area contributed by atoms with E-state index in [0.29, 0.717) is 16.5 Å². The number of halogens is 1. The van der Waals surface area contributed by atoms with E-state index >= 15 is 0 Å². The van der Waals surface area contributed by atoms with Gasteiger partial charge in [-0.2, -0.15) is 4.98 Å². The lowest BCUT2D eigenvalue weighted by Gasteiger charge is -2.08. The first-order valence-corrected chi connectivity index (χ1v) is 9.24. The fourth-order valence-electron chi connectivity index (χ4n) is 3.44. The van der Waals surface area contributed by atoms with Crippen LogP contribution >= 0.6 is 11.6 Å². The van der Waals surface area contributed by atoms with Gasteiger partial charge in [0.15, 0.2) is 11.2 Å². The Labute approximate surface area is 169 Å². The number of fused-ring (bicyclic) bond motifs is 3. The fraction of sp³-hybridized carbons (Fsp3) is 0.263. The van der Waals surface area contributed by atoms with Gasteiger partial charge in [-0.15, -0.1) is 0 Å². The Morgan fingerprint density at radius 1 is 1.24 bits per heavy atom. The van der Waals surface area contributed by atoms with Crippen LogP contribution in [0.4, 0.5) is 0 Å². The maximum Gasteiger partial charge on any atom is 0.332 e. The molecule has 0 atom stereocenters. The highest BCUT2D eigenvalue weighted by atomic mass is 35.5. The predicted octanol–water partition coefficient (Wildman–Crippen LogP) is 1.66. The number of aromatic nitrogens is 5. The number of methoxy groups -OCH3 is 1. The smallest absolute Gasteiger partial charge is 0.332 e. The van der Waals surface area contributed by atoms with Crippen molar-refractivity contribution in [3.8, 4) is 5.69 Å². The number of para-hydroxylation sites is 1. The first kappa shape index (κ1) is 19.0. The number of carbonyl (C=O) groups is 1. The second-order valence-electron chi connectivity index (χ2n) is 6.64. The molecule has 10 heteroatoms. The third kappa shape index (κ3) is 2.85. The first-order chi connectivity index (χ1) is 13.8. The summed E-state index contributed by atoms with van der Waals surface area (Å²) in [5.41, 5.74) is 0.972. The molecule has 0 aliphatic heterocycles. The molecule has 0 unspecified atom stereocenters. The summed E-state index contributed by atoms with van der Waals surface area (Å²) >= 11 is 6.36. The monoisotopic (exact) mass is 415 g/mol. The molecule has 0 bridgehead atoms. The summed E-state index contributed by atoms with van der Waals surface area (Å²) in [5.74, 6) is -0.0402. The Bertz CT molecular complexity index is 1390. The van der Waals surface area contributed by atoms with Crippen molar-refractivity contribution in [3.63, 3.8) is 0 Å². The van der Waals surface area contributed by atoms with E-state index in [2.05, 4.69) is 9.72 Å². The molecule has 150 valence electrons. The number of benzene rings is 1. The van der Waals surface area contributed by atoms with Crippen LogP contribution in [0.15, 0.2) is 40.1 Å². The molecule has 0 fully saturated rings. The van der Waals surface area contributed by atoms with E-state index < -0.39 is 17.2 Å². The van der Waals surface area contributed by atoms with Crippen molar-refractivity contribution in [2.45, 2.75) is 19.9 Å². The maximum atomic E-state index is 13.1. The molecule has 0 saturated heterocycles. The van der Waals surface area contributed by atoms with Crippen LogP contribution in [0.5, 0.6) is 0 Å². The van der Waals surface area contributed by atoms with Gasteiger partial charge in [0.2, 0.25) is 5.78 Å². The molecule has 0 aliphatic rings. The van der Waals surface area contributed by atoms with Crippen molar-refractivity contribution in [3.05, 3.63) is 62.0 Å². The zero-order valence-corrected chi connectivity index (χ0v) is 16.8. The van der Waals surface area contributed by atoms with Crippen LogP contribution in [0.3, 0.4) is 0 Å². The fourth-order valence-corrected chi connectivity index (χ4v) is 3.66. The normalized spacial score (nSPS) is 11.4. The minimum atomic E-state index is -0.548. The van der Waals surface area contributed by atoms with Crippen LogP contribution in [0.1, 0.15) is 12.1 Å². The van der Waals surface area contributed by atoms with Crippen molar-refractivity contribution >= 4 is 34.5 Å². The number of esters is 1. The van der Waals surface area contributed by atoms with Gasteiger partial charge in [0, 0.05) is 25.5 Å². The van der Waals surface area contributed by atoms with Gasteiger partial charge < -0.3 is 4.74 Å². The Hall–Kier alpha value is -3.33. The van der Waals surface area contributed by atoms with E-state index in [1.807, 2.05) is 29.7 Å². The molecule has 0 aliphatic carbocycles. The second-order valence-corrected chi connectivity index (χ2v) is 7.04. The van der Waals surface area contributed by atoms with Crippen LogP contribution in [-0.2, 0) is 23.1 Å². The van der Waals surface area contributed by atoms with Crippen LogP contribution in [0.25, 0.3) is 22.6 Å². The zero-order valence-electron chi connectivity index (χ0n) is 16.0. The number of aryl methyl sites for hydroxylation is 2. The number of hydrogen-bond donors (Lipinski definition) is 0. The Kier molecular flexibility index (Phi) is 4.54. The molecule has 29 heavy (non-hydrogen) atoms. The average molecular weight is 416 g/mol. The molecular formula is C19H18ClN5O4. The van der Waals surface area contributed by atoms with E-state index in [1.165, 1.54) is 18.7 Å². The lowest BCUT2D eigenvalue weighted by molar-refractivity contribution is -0.140. The van der Waals surface area contributed by atoms with E-state index in [1.54, 1.807) is 16.7 Å². The molecule has 3 heterocycles. The zero-order chi connectivity index (χ0) is 20.9. The summed E-state index contributed by atoms with van der Waals surface area (Å²) in [5, 5.41) is 0.533. The Morgan fingerprint density at radius 3 is 2.66 bits per heavy atom. The summed E-state index contributed by atoms with van der Waals surface area (Å²) in [6.07, 6.45) is 1.68. The summed E-state index contributed by atoms with van der Waals surface area (Å²) in [7, 11) is 2.80. The van der Waals surface area contributed by atoms with E-state index in [4.69, 9.17) is 11.6 Å². The minimum Gasteiger partial charge on any atom is -0.469 e. The molecule has 0 radical (unpaired) electrons. The largest absolute Gasteiger partial charge is 0.469 e. The van der Waals surface area contributed by atoms with Gasteiger partial charge >= 0.3 is 11.7 Å². The summed E-state index contributed by atoms with van der Waals surface area (Å²) in [6.45, 7) is 1.80. The summed E-state index contributed by atoms with van der Waals surface area (Å²) < 4.78 is 10.4. The second kappa shape index (κ2) is 6.93. The quantitative estimate of drug-likeness (QED) is 0.473. The molecule has 0 saturated carbocycles. The van der Waals surface area contributed by atoms with Crippen molar-refractivity contribution in [2.75, 3.05) is 7.11 Å². The van der Waals surface area contributed by atoms with Crippen LogP contribution in [0.2, 0.25) is 5.02 Å². The van der Waals surface area contributed by atoms with E-state index in [0.717, 1.165) is 10.3 Å². The number of hydrogen-bond acceptors (Lipinski definition) is 5. The SMILES string of the molecule is COC(=O)CCn1c(=O)c2c(nc3n(-c4ccccc4Cl)c(C)cn23)n(C)c1=O. The third-order valence-corrected chi connectivity index (χ3v) is 5.21. The molecule has 0 amide bonds.